The van der Waals surface area contributed by atoms with Crippen molar-refractivity contribution in [3.63, 3.8) is 0 Å². The van der Waals surface area contributed by atoms with Crippen molar-refractivity contribution in [2.75, 3.05) is 6.61 Å². The SMILES string of the molecule is CC/C=C\C/C=C\C/C=C\C/C=C\C/C=C\C/C=C\C/C=C\C/C=C\C/C=C\C/C=C\C/C=C\CCCCCC(=O)NC(CO)C(O)/C=C/CCCCCCCCCCCCCC. The van der Waals surface area contributed by atoms with Crippen LogP contribution in [0.5, 0.6) is 0 Å². The Hall–Kier alpha value is -3.73. The van der Waals surface area contributed by atoms with Crippen LogP contribution in [0.3, 0.4) is 0 Å². The van der Waals surface area contributed by atoms with Gasteiger partial charge in [0.1, 0.15) is 0 Å². The number of nitrogens with one attached hydrogen (secondary N) is 1. The Balaban J connectivity index is 3.74. The number of carbonyl (C=O) groups is 1. The maximum Gasteiger partial charge on any atom is 0.220 e. The molecule has 0 aromatic carbocycles. The fraction of sp³-hybridized carbons (Fsp3) is 0.576. The standard InChI is InChI=1S/C59H95NO3/c1-3-5-7-9-11-13-15-17-19-20-21-22-23-24-25-26-27-28-29-30-31-32-33-34-35-36-37-38-39-40-41-43-45-47-49-51-53-55-59(63)60-57(56-61)58(62)54-52-50-48-46-44-42-18-16-14-12-10-8-6-4-2/h5,7,11,13,17,19,21-22,24-25,27-28,30-31,33-34,36-37,39-40,43,45,52,54,57-58,61-62H,3-4,6,8-10,12,14-16,18,20,23,26,29,32,35,38,41-42,44,46-51,53,55-56H2,1-2H3,(H,60,63)/b7-5-,13-11-,19-17-,22-21-,25-24-,28-27-,31-30-,34-33-,37-36-,40-39-,45-43-,54-52+. The quantitative estimate of drug-likeness (QED) is 0.0422. The van der Waals surface area contributed by atoms with Gasteiger partial charge in [0.2, 0.25) is 5.91 Å². The van der Waals surface area contributed by atoms with E-state index in [2.05, 4.69) is 153 Å². The Labute approximate surface area is 389 Å². The molecular weight excluding hydrogens is 771 g/mol. The van der Waals surface area contributed by atoms with Gasteiger partial charge >= 0.3 is 0 Å². The zero-order valence-electron chi connectivity index (χ0n) is 40.5. The summed E-state index contributed by atoms with van der Waals surface area (Å²) in [5, 5.41) is 23.0. The van der Waals surface area contributed by atoms with E-state index in [4.69, 9.17) is 0 Å². The zero-order valence-corrected chi connectivity index (χ0v) is 40.5. The van der Waals surface area contributed by atoms with Gasteiger partial charge in [-0.3, -0.25) is 4.79 Å². The van der Waals surface area contributed by atoms with Crippen LogP contribution in [0.4, 0.5) is 0 Å². The number of carbonyl (C=O) groups excluding carboxylic acids is 1. The lowest BCUT2D eigenvalue weighted by molar-refractivity contribution is -0.123. The maximum absolute atomic E-state index is 12.4. The van der Waals surface area contributed by atoms with Crippen molar-refractivity contribution in [2.24, 2.45) is 0 Å². The molecule has 0 spiro atoms. The topological polar surface area (TPSA) is 69.6 Å². The summed E-state index contributed by atoms with van der Waals surface area (Å²) >= 11 is 0. The summed E-state index contributed by atoms with van der Waals surface area (Å²) < 4.78 is 0. The Kier molecular flexibility index (Phi) is 49.5. The Morgan fingerprint density at radius 2 is 0.698 bits per heavy atom. The van der Waals surface area contributed by atoms with Gasteiger partial charge in [0.05, 0.1) is 18.8 Å². The molecule has 0 radical (unpaired) electrons. The zero-order chi connectivity index (χ0) is 45.6. The minimum Gasteiger partial charge on any atom is -0.394 e. The lowest BCUT2D eigenvalue weighted by Crippen LogP contribution is -2.45. The first-order valence-corrected chi connectivity index (χ1v) is 25.5. The Morgan fingerprint density at radius 3 is 1.05 bits per heavy atom. The number of hydrogen-bond acceptors (Lipinski definition) is 3. The molecule has 0 aromatic heterocycles. The smallest absolute Gasteiger partial charge is 0.220 e. The van der Waals surface area contributed by atoms with E-state index in [-0.39, 0.29) is 12.5 Å². The van der Waals surface area contributed by atoms with Crippen molar-refractivity contribution >= 4 is 5.91 Å². The predicted molar refractivity (Wildman–Crippen MR) is 280 cm³/mol. The summed E-state index contributed by atoms with van der Waals surface area (Å²) in [7, 11) is 0. The van der Waals surface area contributed by atoms with E-state index in [9.17, 15) is 15.0 Å². The summed E-state index contributed by atoms with van der Waals surface area (Å²) in [6.45, 7) is 4.16. The highest BCUT2D eigenvalue weighted by Gasteiger charge is 2.17. The first kappa shape index (κ1) is 59.3. The third-order valence-electron chi connectivity index (χ3n) is 10.6. The van der Waals surface area contributed by atoms with Crippen LogP contribution in [-0.2, 0) is 4.79 Å². The molecule has 0 aliphatic carbocycles. The van der Waals surface area contributed by atoms with E-state index < -0.39 is 12.1 Å². The second-order valence-electron chi connectivity index (χ2n) is 16.5. The van der Waals surface area contributed by atoms with E-state index in [0.717, 1.165) is 109 Å². The van der Waals surface area contributed by atoms with Gasteiger partial charge in [-0.15, -0.1) is 0 Å². The van der Waals surface area contributed by atoms with Gasteiger partial charge in [-0.05, 0) is 103 Å². The maximum atomic E-state index is 12.4. The predicted octanol–water partition coefficient (Wildman–Crippen LogP) is 16.9. The third kappa shape index (κ3) is 49.1. The molecule has 4 nitrogen and oxygen atoms in total. The van der Waals surface area contributed by atoms with Crippen molar-refractivity contribution in [3.05, 3.63) is 146 Å². The second-order valence-corrected chi connectivity index (χ2v) is 16.5. The molecule has 3 N–H and O–H groups in total. The molecule has 0 saturated carbocycles. The number of aliphatic hydroxyl groups is 2. The molecule has 0 rings (SSSR count). The molecule has 0 saturated heterocycles. The average Bonchev–Trinajstić information content (AvgIpc) is 3.29. The van der Waals surface area contributed by atoms with E-state index in [1.807, 2.05) is 6.08 Å². The summed E-state index contributed by atoms with van der Waals surface area (Å²) in [5.41, 5.74) is 0. The first-order chi connectivity index (χ1) is 31.2. The first-order valence-electron chi connectivity index (χ1n) is 25.5. The van der Waals surface area contributed by atoms with Crippen LogP contribution in [-0.4, -0.2) is 34.9 Å². The fourth-order valence-corrected chi connectivity index (χ4v) is 6.71. The molecule has 63 heavy (non-hydrogen) atoms. The monoisotopic (exact) mass is 866 g/mol. The van der Waals surface area contributed by atoms with Crippen LogP contribution in [0.2, 0.25) is 0 Å². The Morgan fingerprint density at radius 1 is 0.397 bits per heavy atom. The largest absolute Gasteiger partial charge is 0.394 e. The van der Waals surface area contributed by atoms with Crippen molar-refractivity contribution in [1.82, 2.24) is 5.32 Å². The molecule has 2 atom stereocenters. The summed E-state index contributed by atoms with van der Waals surface area (Å²) in [5.74, 6) is -0.103. The van der Waals surface area contributed by atoms with Crippen LogP contribution < -0.4 is 5.32 Å². The molecule has 0 heterocycles. The van der Waals surface area contributed by atoms with Crippen LogP contribution in [0.1, 0.15) is 200 Å². The minimum absolute atomic E-state index is 0.103. The van der Waals surface area contributed by atoms with Crippen molar-refractivity contribution in [2.45, 2.75) is 212 Å². The van der Waals surface area contributed by atoms with Crippen LogP contribution >= 0.6 is 0 Å². The van der Waals surface area contributed by atoms with E-state index >= 15 is 0 Å². The van der Waals surface area contributed by atoms with Crippen LogP contribution in [0, 0.1) is 0 Å². The molecule has 0 aliphatic heterocycles. The van der Waals surface area contributed by atoms with E-state index in [1.54, 1.807) is 6.08 Å². The lowest BCUT2D eigenvalue weighted by Gasteiger charge is -2.19. The number of rotatable bonds is 44. The molecule has 0 aromatic rings. The van der Waals surface area contributed by atoms with E-state index in [1.165, 1.54) is 70.6 Å². The molecule has 4 heteroatoms. The number of aliphatic hydroxyl groups excluding tert-OH is 2. The second kappa shape index (κ2) is 52.6. The Bertz CT molecular complexity index is 1350. The molecule has 0 aliphatic rings. The highest BCUT2D eigenvalue weighted by atomic mass is 16.3. The van der Waals surface area contributed by atoms with Gasteiger partial charge in [-0.2, -0.15) is 0 Å². The number of unbranched alkanes of at least 4 members (excludes halogenated alkanes) is 15. The molecule has 2 unspecified atom stereocenters. The molecule has 0 bridgehead atoms. The summed E-state index contributed by atoms with van der Waals surface area (Å²) in [6.07, 6.45) is 84.0. The van der Waals surface area contributed by atoms with Gasteiger partial charge in [0, 0.05) is 6.42 Å². The highest BCUT2D eigenvalue weighted by molar-refractivity contribution is 5.76. The number of hydrogen-bond donors (Lipinski definition) is 3. The molecular formula is C59H95NO3. The third-order valence-corrected chi connectivity index (χ3v) is 10.6. The van der Waals surface area contributed by atoms with Gasteiger partial charge in [-0.1, -0.05) is 237 Å². The van der Waals surface area contributed by atoms with Gasteiger partial charge in [0.25, 0.3) is 0 Å². The van der Waals surface area contributed by atoms with Gasteiger partial charge in [0.15, 0.2) is 0 Å². The van der Waals surface area contributed by atoms with Crippen molar-refractivity contribution in [3.8, 4) is 0 Å². The molecule has 0 fully saturated rings. The number of amides is 1. The van der Waals surface area contributed by atoms with Crippen molar-refractivity contribution < 1.29 is 15.0 Å². The van der Waals surface area contributed by atoms with Crippen LogP contribution in [0.15, 0.2) is 146 Å². The summed E-state index contributed by atoms with van der Waals surface area (Å²) in [6, 6.07) is -0.650. The van der Waals surface area contributed by atoms with Gasteiger partial charge < -0.3 is 15.5 Å². The van der Waals surface area contributed by atoms with E-state index in [0.29, 0.717) is 6.42 Å². The molecule has 354 valence electrons. The average molecular weight is 866 g/mol. The highest BCUT2D eigenvalue weighted by Crippen LogP contribution is 2.13. The molecule has 1 amide bonds. The summed E-state index contributed by atoms with van der Waals surface area (Å²) in [4.78, 5) is 12.4. The van der Waals surface area contributed by atoms with Gasteiger partial charge in [-0.25, -0.2) is 0 Å². The fourth-order valence-electron chi connectivity index (χ4n) is 6.71. The normalized spacial score (nSPS) is 14.2. The lowest BCUT2D eigenvalue weighted by atomic mass is 10.0. The van der Waals surface area contributed by atoms with Crippen molar-refractivity contribution in [1.29, 1.82) is 0 Å². The van der Waals surface area contributed by atoms with Crippen LogP contribution in [0.25, 0.3) is 0 Å². The minimum atomic E-state index is -0.863. The number of allylic oxidation sites excluding steroid dienone is 23.